The Hall–Kier alpha value is -12.9. The highest BCUT2D eigenvalue weighted by Gasteiger charge is 2.51. The van der Waals surface area contributed by atoms with E-state index in [-0.39, 0.29) is 70.5 Å². The molecule has 7 heterocycles. The van der Waals surface area contributed by atoms with Crippen molar-refractivity contribution in [2.75, 3.05) is 40.9 Å². The maximum atomic E-state index is 15.9. The van der Waals surface area contributed by atoms with Gasteiger partial charge in [0.25, 0.3) is 5.91 Å². The minimum Gasteiger partial charge on any atom is -0.487 e. The Morgan fingerprint density at radius 2 is 1.10 bits per heavy atom. The summed E-state index contributed by atoms with van der Waals surface area (Å²) in [5.74, 6) is -6.11. The lowest BCUT2D eigenvalue weighted by atomic mass is 9.85. The molecule has 33 nitrogen and oxygen atoms in total. The molecule has 8 bridgehead atoms. The Morgan fingerprint density at radius 1 is 0.613 bits per heavy atom. The number of fused-ring (bicyclic) bond motifs is 2. The maximum absolute atomic E-state index is 15.9. The summed E-state index contributed by atoms with van der Waals surface area (Å²) in [6.45, 7) is 24.9. The van der Waals surface area contributed by atoms with Crippen LogP contribution in [0.3, 0.4) is 0 Å². The minimum atomic E-state index is -1.74. The molecule has 662 valence electrons. The van der Waals surface area contributed by atoms with Gasteiger partial charge in [0, 0.05) is 59.1 Å². The number of aromatic nitrogens is 3. The number of hydrogen-bond donors (Lipinski definition) is 8. The first-order chi connectivity index (χ1) is 58.5. The van der Waals surface area contributed by atoms with Gasteiger partial charge in [0.2, 0.25) is 47.5 Å². The summed E-state index contributed by atoms with van der Waals surface area (Å²) in [4.78, 5) is 168. The number of nitriles is 1. The molecule has 6 aliphatic rings. The molecule has 0 spiro atoms. The fourth-order valence-electron chi connectivity index (χ4n) is 14.6. The highest BCUT2D eigenvalue weighted by Crippen LogP contribution is 2.33. The molecule has 6 aliphatic heterocycles. The SMILES string of the molecule is CCCN(C(=O)[C@@H](NC(=O)[C@H](C)N(C)C(=O)OC(C)(C)C)C(C)(C)C)[C@@H]1C(=O)N[C@@H](Cc2ccc3ccccc3c2)C(=O)NC(C#N)Cc2ccc(cc2)OCC2=CN(NN2)[C@@H]2CCN(C(=O)[C@@H](NC(=O)[C@H](C)N(C)C(=O)OC(C)(C)C)C(C)(C)C)[C@@H]2C(=O)N[C@@H](Cc2ccc3ccccc3c2)C(=O)N[C@H](C(=O)OC)Cc2ccc(cc2)OCc2cn1nn2. The standard InChI is InChI=1S/C91H117N17O16/c1-19-41-106(84(116)75(89(7,8)9)98-77(110)55(3)104(17)87(119)124-91(13,14)15)82-81(114)95-69(47-58-28-34-60-24-20-22-26-62(60)43-58)78(111)93-64(49-92)45-56-30-36-67(37-31-56)121-52-65-50-107(101-99-65)72-40-42-105(83(115)74(88(4,5)6)97-76(109)54(2)103(16)86(118)123-90(10,11)12)73(72)80(113)94-70(48-59-29-35-61-25-21-23-27-63(61)44-59)79(112)96-71(85(117)120-18)46-57-32-38-68(39-33-57)122-53-66-51-108(82)102-100-66/h20-39,43-44,50-51,54-55,64,69-75,82,99,101H,19,40-42,45-48,52-53H2,1-18H3,(H,93,111)(H,94,113)(H,95,114)(H,96,112)(H,97,109)(H,98,110)/t54-,55-,64?,69-,70-,71-,72+,73-,74+,75+,82-/m0/s1. The van der Waals surface area contributed by atoms with Crippen molar-refractivity contribution >= 4 is 87.0 Å². The fraction of sp³-hybridized carbons (Fsp3) is 0.473. The summed E-state index contributed by atoms with van der Waals surface area (Å²) in [6, 6.07) is 29.4. The molecule has 1 unspecified atom stereocenters. The number of likely N-dealkylation sites (tertiary alicyclic amines) is 1. The Balaban J connectivity index is 1.02. The number of carbonyl (C=O) groups is 11. The van der Waals surface area contributed by atoms with Crippen LogP contribution in [0.1, 0.15) is 151 Å². The van der Waals surface area contributed by atoms with E-state index in [4.69, 9.17) is 23.7 Å². The Kier molecular flexibility index (Phi) is 30.1. The van der Waals surface area contributed by atoms with Gasteiger partial charge in [0.15, 0.2) is 0 Å². The average Bonchev–Trinajstić information content (AvgIpc) is 1.58. The first-order valence-electron chi connectivity index (χ1n) is 41.6. The molecule has 10 amide bonds. The van der Waals surface area contributed by atoms with Crippen LogP contribution in [-0.2, 0) is 89.7 Å². The van der Waals surface area contributed by atoms with Gasteiger partial charge in [-0.2, -0.15) is 5.26 Å². The van der Waals surface area contributed by atoms with Crippen molar-refractivity contribution in [1.29, 1.82) is 5.26 Å². The van der Waals surface area contributed by atoms with Crippen LogP contribution in [0, 0.1) is 22.2 Å². The molecular weight excluding hydrogens is 1590 g/mol. The van der Waals surface area contributed by atoms with E-state index in [1.54, 1.807) is 150 Å². The van der Waals surface area contributed by atoms with Gasteiger partial charge in [-0.05, 0) is 147 Å². The Labute approximate surface area is 723 Å². The van der Waals surface area contributed by atoms with Crippen LogP contribution < -0.4 is 52.3 Å². The van der Waals surface area contributed by atoms with E-state index < -0.39 is 154 Å². The van der Waals surface area contributed by atoms with Crippen molar-refractivity contribution in [3.8, 4) is 17.6 Å². The van der Waals surface area contributed by atoms with E-state index in [1.807, 2.05) is 84.9 Å². The number of hydrazine groups is 2. The number of benzene rings is 6. The van der Waals surface area contributed by atoms with Crippen LogP contribution in [0.4, 0.5) is 9.59 Å². The molecule has 7 aromatic rings. The molecule has 11 atom stereocenters. The van der Waals surface area contributed by atoms with Gasteiger partial charge in [-0.3, -0.25) is 53.2 Å². The van der Waals surface area contributed by atoms with Gasteiger partial charge in [-0.1, -0.05) is 163 Å². The summed E-state index contributed by atoms with van der Waals surface area (Å²) in [7, 11) is 3.99. The van der Waals surface area contributed by atoms with E-state index in [0.29, 0.717) is 39.4 Å². The zero-order valence-electron chi connectivity index (χ0n) is 73.8. The van der Waals surface area contributed by atoms with Crippen molar-refractivity contribution in [2.45, 2.75) is 227 Å². The number of likely N-dealkylation sites (N-methyl/N-ethyl adjacent to an activating group) is 2. The van der Waals surface area contributed by atoms with Crippen molar-refractivity contribution in [2.24, 2.45) is 10.8 Å². The van der Waals surface area contributed by atoms with Crippen LogP contribution in [0.25, 0.3) is 21.5 Å². The second-order valence-corrected chi connectivity index (χ2v) is 35.8. The number of hydrogen-bond acceptors (Lipinski definition) is 22. The predicted molar refractivity (Wildman–Crippen MR) is 462 cm³/mol. The van der Waals surface area contributed by atoms with E-state index in [2.05, 4.69) is 59.2 Å². The van der Waals surface area contributed by atoms with Crippen LogP contribution in [0.5, 0.6) is 11.5 Å². The number of amides is 10. The Morgan fingerprint density at radius 3 is 1.60 bits per heavy atom. The van der Waals surface area contributed by atoms with Gasteiger partial charge in [-0.25, -0.2) is 19.1 Å². The number of methoxy groups -OCH3 is 1. The topological polar surface area (TPSA) is 401 Å². The molecular formula is C91H117N17O16. The van der Waals surface area contributed by atoms with Crippen molar-refractivity contribution < 1.29 is 76.4 Å². The smallest absolute Gasteiger partial charge is 0.410 e. The van der Waals surface area contributed by atoms with Crippen LogP contribution >= 0.6 is 0 Å². The van der Waals surface area contributed by atoms with Crippen molar-refractivity contribution in [3.63, 3.8) is 0 Å². The zero-order valence-corrected chi connectivity index (χ0v) is 73.8. The van der Waals surface area contributed by atoms with Crippen LogP contribution in [0.2, 0.25) is 0 Å². The molecule has 1 aromatic heterocycles. The first-order valence-corrected chi connectivity index (χ1v) is 41.6. The van der Waals surface area contributed by atoms with Crippen molar-refractivity contribution in [1.82, 2.24) is 82.5 Å². The number of carbonyl (C=O) groups excluding carboxylic acids is 11. The van der Waals surface area contributed by atoms with E-state index in [1.165, 1.54) is 51.0 Å². The van der Waals surface area contributed by atoms with E-state index in [9.17, 15) is 29.2 Å². The minimum absolute atomic E-state index is 0.0157. The number of nitrogens with one attached hydrogen (secondary N) is 8. The summed E-state index contributed by atoms with van der Waals surface area (Å²) in [5, 5.41) is 42.3. The summed E-state index contributed by atoms with van der Waals surface area (Å²) < 4.78 is 30.2. The molecule has 6 aromatic carbocycles. The molecule has 13 rings (SSSR count). The normalized spacial score (nSPS) is 20.0. The average molecular weight is 1710 g/mol. The lowest BCUT2D eigenvalue weighted by Gasteiger charge is -2.39. The van der Waals surface area contributed by atoms with Gasteiger partial charge >= 0.3 is 18.2 Å². The Bertz CT molecular complexity index is 5120. The number of nitrogens with zero attached hydrogens (tertiary/aromatic N) is 9. The zero-order chi connectivity index (χ0) is 90.4. The highest BCUT2D eigenvalue weighted by atomic mass is 16.6. The molecule has 124 heavy (non-hydrogen) atoms. The number of ether oxygens (including phenoxy) is 5. The molecule has 0 aliphatic carbocycles. The second kappa shape index (κ2) is 40.0. The summed E-state index contributed by atoms with van der Waals surface area (Å²) in [5.41, 5.74) is 5.43. The molecule has 33 heteroatoms. The molecule has 8 N–H and O–H groups in total. The number of esters is 1. The monoisotopic (exact) mass is 1700 g/mol. The van der Waals surface area contributed by atoms with Gasteiger partial charge in [0.05, 0.1) is 31.1 Å². The third-order valence-electron chi connectivity index (χ3n) is 21.6. The van der Waals surface area contributed by atoms with Gasteiger partial charge in [-0.15, -0.1) is 10.6 Å². The van der Waals surface area contributed by atoms with Crippen LogP contribution in [0.15, 0.2) is 152 Å². The van der Waals surface area contributed by atoms with Crippen LogP contribution in [-0.4, -0.2) is 218 Å². The third kappa shape index (κ3) is 24.3. The maximum Gasteiger partial charge on any atom is 0.410 e. The van der Waals surface area contributed by atoms with Crippen molar-refractivity contribution in [3.05, 3.63) is 180 Å². The molecule has 1 fully saturated rings. The fourth-order valence-corrected chi connectivity index (χ4v) is 14.6. The molecule has 0 saturated carbocycles. The lowest BCUT2D eigenvalue weighted by Crippen LogP contribution is -2.64. The summed E-state index contributed by atoms with van der Waals surface area (Å²) in [6.07, 6.45) is -0.161. The number of rotatable bonds is 16. The van der Waals surface area contributed by atoms with E-state index >= 15 is 28.8 Å². The molecule has 1 saturated heterocycles. The van der Waals surface area contributed by atoms with Gasteiger partial charge < -0.3 is 70.8 Å². The molecule has 0 radical (unpaired) electrons. The quantitative estimate of drug-likeness (QED) is 0.0336. The predicted octanol–water partition coefficient (Wildman–Crippen LogP) is 7.91. The summed E-state index contributed by atoms with van der Waals surface area (Å²) >= 11 is 0. The van der Waals surface area contributed by atoms with E-state index in [0.717, 1.165) is 36.0 Å². The first kappa shape index (κ1) is 93.4. The lowest BCUT2D eigenvalue weighted by molar-refractivity contribution is -0.150. The highest BCUT2D eigenvalue weighted by molar-refractivity contribution is 5.99. The second-order valence-electron chi connectivity index (χ2n) is 35.8. The van der Waals surface area contributed by atoms with Gasteiger partial charge in [0.1, 0.15) is 96.0 Å². The third-order valence-corrected chi connectivity index (χ3v) is 21.6. The largest absolute Gasteiger partial charge is 0.487 e.